The van der Waals surface area contributed by atoms with E-state index in [4.69, 9.17) is 9.72 Å². The van der Waals surface area contributed by atoms with Gasteiger partial charge in [-0.3, -0.25) is 4.98 Å². The summed E-state index contributed by atoms with van der Waals surface area (Å²) in [6.45, 7) is 12.4. The number of aryl methyl sites for hydroxylation is 1. The molecule has 6 nitrogen and oxygen atoms in total. The minimum atomic E-state index is -0.467. The minimum absolute atomic E-state index is 0.145. The number of hydrogen-bond acceptors (Lipinski definition) is 4. The first kappa shape index (κ1) is 20.2. The first-order valence-corrected chi connectivity index (χ1v) is 9.62. The Morgan fingerprint density at radius 3 is 2.69 bits per heavy atom. The molecule has 0 N–H and O–H groups in total. The predicted molar refractivity (Wildman–Crippen MR) is 103 cm³/mol. The van der Waals surface area contributed by atoms with E-state index in [1.165, 1.54) is 0 Å². The van der Waals surface area contributed by atoms with Crippen molar-refractivity contribution in [1.29, 1.82) is 0 Å². The van der Waals surface area contributed by atoms with Crippen LogP contribution in [0.2, 0.25) is 0 Å². The molecular weight excluding hydrogens is 328 g/mol. The van der Waals surface area contributed by atoms with Crippen LogP contribution in [0, 0.1) is 6.92 Å². The molecule has 0 aliphatic carbocycles. The summed E-state index contributed by atoms with van der Waals surface area (Å²) in [5.41, 5.74) is 2.32. The van der Waals surface area contributed by atoms with Crippen LogP contribution in [0.4, 0.5) is 4.79 Å². The molecule has 1 fully saturated rings. The van der Waals surface area contributed by atoms with E-state index >= 15 is 0 Å². The second-order valence-corrected chi connectivity index (χ2v) is 7.50. The van der Waals surface area contributed by atoms with Crippen LogP contribution in [0.25, 0.3) is 5.65 Å². The van der Waals surface area contributed by atoms with Crippen LogP contribution >= 0.6 is 0 Å². The summed E-state index contributed by atoms with van der Waals surface area (Å²) >= 11 is 0. The van der Waals surface area contributed by atoms with Gasteiger partial charge in [0.25, 0.3) is 0 Å². The Kier molecular flexibility index (Phi) is 6.62. The average molecular weight is 361 g/mol. The quantitative estimate of drug-likeness (QED) is 0.796. The second-order valence-electron chi connectivity index (χ2n) is 7.50. The van der Waals surface area contributed by atoms with Gasteiger partial charge >= 0.3 is 6.09 Å². The maximum atomic E-state index is 12.5. The Balaban J connectivity index is 0.00000117. The highest BCUT2D eigenvalue weighted by atomic mass is 16.6. The van der Waals surface area contributed by atoms with Crippen LogP contribution in [-0.2, 0) is 11.2 Å². The molecule has 1 aliphatic heterocycles. The molecule has 2 aromatic heterocycles. The van der Waals surface area contributed by atoms with Gasteiger partial charge in [-0.15, -0.1) is 0 Å². The molecule has 0 saturated carbocycles. The van der Waals surface area contributed by atoms with E-state index in [0.29, 0.717) is 0 Å². The Bertz CT molecular complexity index is 733. The smallest absolute Gasteiger partial charge is 0.410 e. The molecule has 3 rings (SSSR count). The van der Waals surface area contributed by atoms with Crippen molar-refractivity contribution in [2.45, 2.75) is 78.9 Å². The van der Waals surface area contributed by atoms with Crippen LogP contribution in [0.1, 0.15) is 65.3 Å². The molecule has 0 aromatic carbocycles. The third kappa shape index (κ3) is 4.96. The van der Waals surface area contributed by atoms with Gasteiger partial charge in [0.05, 0.1) is 11.4 Å². The number of hydrogen-bond donors (Lipinski definition) is 0. The van der Waals surface area contributed by atoms with E-state index in [2.05, 4.69) is 4.98 Å². The van der Waals surface area contributed by atoms with Crippen molar-refractivity contribution in [2.75, 3.05) is 6.54 Å². The largest absolute Gasteiger partial charge is 0.444 e. The molecule has 144 valence electrons. The molecule has 26 heavy (non-hydrogen) atoms. The number of nitrogens with zero attached hydrogens (tertiary/aromatic N) is 4. The predicted octanol–water partition coefficient (Wildman–Crippen LogP) is 4.40. The highest BCUT2D eigenvalue weighted by Gasteiger charge is 2.31. The molecule has 3 heterocycles. The van der Waals surface area contributed by atoms with E-state index in [9.17, 15) is 4.79 Å². The second kappa shape index (κ2) is 8.52. The Labute approximate surface area is 156 Å². The van der Waals surface area contributed by atoms with Crippen molar-refractivity contribution in [3.8, 4) is 0 Å². The Morgan fingerprint density at radius 1 is 1.31 bits per heavy atom. The number of likely N-dealkylation sites (tertiary alicyclic amines) is 1. The van der Waals surface area contributed by atoms with Crippen molar-refractivity contribution in [2.24, 2.45) is 0 Å². The Morgan fingerprint density at radius 2 is 2.04 bits per heavy atom. The minimum Gasteiger partial charge on any atom is -0.444 e. The van der Waals surface area contributed by atoms with Crippen molar-refractivity contribution >= 4 is 11.7 Å². The van der Waals surface area contributed by atoms with Gasteiger partial charge in [-0.25, -0.2) is 9.78 Å². The first-order chi connectivity index (χ1) is 12.3. The van der Waals surface area contributed by atoms with Crippen LogP contribution in [0.5, 0.6) is 0 Å². The maximum absolute atomic E-state index is 12.5. The summed E-state index contributed by atoms with van der Waals surface area (Å²) in [6, 6.07) is 0.145. The van der Waals surface area contributed by atoms with Gasteiger partial charge in [0.2, 0.25) is 0 Å². The lowest BCUT2D eigenvalue weighted by atomic mass is 9.98. The molecule has 0 spiro atoms. The molecule has 1 aliphatic rings. The molecule has 6 heteroatoms. The van der Waals surface area contributed by atoms with Crippen LogP contribution in [-0.4, -0.2) is 43.5 Å². The molecule has 1 amide bonds. The fraction of sp³-hybridized carbons (Fsp3) is 0.650. The van der Waals surface area contributed by atoms with E-state index in [0.717, 1.165) is 49.3 Å². The fourth-order valence-corrected chi connectivity index (χ4v) is 3.21. The lowest BCUT2D eigenvalue weighted by Crippen LogP contribution is -2.47. The highest BCUT2D eigenvalue weighted by Crippen LogP contribution is 2.23. The molecule has 2 aromatic rings. The average Bonchev–Trinajstić information content (AvgIpc) is 2.99. The van der Waals surface area contributed by atoms with Crippen molar-refractivity contribution in [3.63, 3.8) is 0 Å². The summed E-state index contributed by atoms with van der Waals surface area (Å²) in [5.74, 6) is 0. The zero-order chi connectivity index (χ0) is 19.3. The SMILES string of the molecule is CC.Cc1nccn2cc(C[C@@H]3CCCCN3C(=O)OC(C)(C)C)nc12. The van der Waals surface area contributed by atoms with Gasteiger partial charge in [0.15, 0.2) is 5.65 Å². The normalized spacial score (nSPS) is 17.6. The fourth-order valence-electron chi connectivity index (χ4n) is 3.21. The van der Waals surface area contributed by atoms with Gasteiger partial charge in [-0.1, -0.05) is 13.8 Å². The van der Waals surface area contributed by atoms with Crippen LogP contribution < -0.4 is 0 Å². The maximum Gasteiger partial charge on any atom is 0.410 e. The van der Waals surface area contributed by atoms with Gasteiger partial charge in [-0.2, -0.15) is 0 Å². The van der Waals surface area contributed by atoms with Gasteiger partial charge < -0.3 is 14.0 Å². The zero-order valence-electron chi connectivity index (χ0n) is 17.0. The number of carbonyl (C=O) groups is 1. The number of piperidine rings is 1. The molecular formula is C20H32N4O2. The summed E-state index contributed by atoms with van der Waals surface area (Å²) in [7, 11) is 0. The molecule has 0 unspecified atom stereocenters. The number of ether oxygens (including phenoxy) is 1. The highest BCUT2D eigenvalue weighted by molar-refractivity contribution is 5.68. The topological polar surface area (TPSA) is 59.7 Å². The molecule has 0 radical (unpaired) electrons. The lowest BCUT2D eigenvalue weighted by Gasteiger charge is -2.36. The van der Waals surface area contributed by atoms with E-state index in [-0.39, 0.29) is 12.1 Å². The summed E-state index contributed by atoms with van der Waals surface area (Å²) in [5, 5.41) is 0. The zero-order valence-corrected chi connectivity index (χ0v) is 17.0. The van der Waals surface area contributed by atoms with E-state index in [1.807, 2.05) is 63.2 Å². The number of fused-ring (bicyclic) bond motifs is 1. The number of rotatable bonds is 2. The Hall–Kier alpha value is -2.11. The van der Waals surface area contributed by atoms with Crippen molar-refractivity contribution < 1.29 is 9.53 Å². The van der Waals surface area contributed by atoms with Crippen LogP contribution in [0.15, 0.2) is 18.6 Å². The van der Waals surface area contributed by atoms with E-state index in [1.54, 1.807) is 6.20 Å². The number of amides is 1. The van der Waals surface area contributed by atoms with Crippen molar-refractivity contribution in [3.05, 3.63) is 30.0 Å². The lowest BCUT2D eigenvalue weighted by molar-refractivity contribution is 0.00986. The van der Waals surface area contributed by atoms with Gasteiger partial charge in [0, 0.05) is 37.6 Å². The van der Waals surface area contributed by atoms with Crippen molar-refractivity contribution in [1.82, 2.24) is 19.3 Å². The number of carbonyl (C=O) groups excluding carboxylic acids is 1. The van der Waals surface area contributed by atoms with Gasteiger partial charge in [0.1, 0.15) is 5.60 Å². The van der Waals surface area contributed by atoms with Crippen LogP contribution in [0.3, 0.4) is 0 Å². The van der Waals surface area contributed by atoms with Gasteiger partial charge in [-0.05, 0) is 47.0 Å². The summed E-state index contributed by atoms with van der Waals surface area (Å²) in [6.07, 6.45) is 9.42. The molecule has 0 bridgehead atoms. The first-order valence-electron chi connectivity index (χ1n) is 9.62. The number of aromatic nitrogens is 3. The summed E-state index contributed by atoms with van der Waals surface area (Å²) < 4.78 is 7.57. The standard InChI is InChI=1S/C18H26N4O2.C2H6/c1-13-16-20-14(12-21(16)10-8-19-13)11-15-7-5-6-9-22(15)17(23)24-18(2,3)4;1-2/h8,10,12,15H,5-7,9,11H2,1-4H3;1-2H3/t15-;/m0./s1. The molecule has 1 saturated heterocycles. The van der Waals surface area contributed by atoms with E-state index < -0.39 is 5.60 Å². The monoisotopic (exact) mass is 360 g/mol. The summed E-state index contributed by atoms with van der Waals surface area (Å²) in [4.78, 5) is 23.4. The third-order valence-electron chi connectivity index (χ3n) is 4.30. The number of imidazole rings is 1. The molecule has 1 atom stereocenters. The third-order valence-corrected chi connectivity index (χ3v) is 4.30.